The molecule has 0 fully saturated rings. The predicted octanol–water partition coefficient (Wildman–Crippen LogP) is 5.95. The van der Waals surface area contributed by atoms with E-state index in [9.17, 15) is 31.5 Å². The second-order valence-corrected chi connectivity index (χ2v) is 10.9. The number of carbonyl (C=O) groups is 2. The number of hydrogen-bond acceptors (Lipinski definition) is 6. The molecule has 0 aliphatic carbocycles. The van der Waals surface area contributed by atoms with E-state index in [1.807, 2.05) is 55.1 Å². The topological polar surface area (TPSA) is 137 Å². The number of aromatic carboxylic acids is 1. The molecule has 3 aromatic rings. The number of carboxylic acid groups (broad SMARTS) is 2. The Bertz CT molecular complexity index is 1480. The molecule has 222 valence electrons. The Labute approximate surface area is 236 Å². The lowest BCUT2D eigenvalue weighted by molar-refractivity contribution is -0.192. The second kappa shape index (κ2) is 14.0. The van der Waals surface area contributed by atoms with Gasteiger partial charge in [-0.05, 0) is 61.6 Å². The van der Waals surface area contributed by atoms with E-state index in [-0.39, 0.29) is 16.1 Å². The quantitative estimate of drug-likeness (QED) is 0.262. The molecule has 0 bridgehead atoms. The standard InChI is InChI=1S/C26H31N3O4S.C2HF3O2/c1-5-6-12-29(17-21-10-8-7-9-11-21)25-23(26(30)31)15-22(16-27-25)28-34(32,33)24-14-19(3)18(2)13-20(24)4;3-2(4,5)1(6)7/h7-11,13-16,28H,5-6,12,17H2,1-4H3,(H,30,31);(H,6,7). The Morgan fingerprint density at radius 1 is 0.976 bits per heavy atom. The van der Waals surface area contributed by atoms with Crippen LogP contribution in [0.3, 0.4) is 0 Å². The normalized spacial score (nSPS) is 11.3. The smallest absolute Gasteiger partial charge is 0.478 e. The van der Waals surface area contributed by atoms with Gasteiger partial charge in [-0.3, -0.25) is 4.72 Å². The van der Waals surface area contributed by atoms with E-state index in [0.29, 0.717) is 24.5 Å². The monoisotopic (exact) mass is 595 g/mol. The van der Waals surface area contributed by atoms with Crippen molar-refractivity contribution in [1.82, 2.24) is 4.98 Å². The molecular weight excluding hydrogens is 563 g/mol. The molecule has 0 spiro atoms. The van der Waals surface area contributed by atoms with E-state index in [1.54, 1.807) is 13.0 Å². The number of benzene rings is 2. The second-order valence-electron chi connectivity index (χ2n) is 9.27. The van der Waals surface area contributed by atoms with Crippen LogP contribution in [-0.4, -0.2) is 48.3 Å². The molecule has 9 nitrogen and oxygen atoms in total. The lowest BCUT2D eigenvalue weighted by Crippen LogP contribution is -2.27. The van der Waals surface area contributed by atoms with Gasteiger partial charge < -0.3 is 15.1 Å². The van der Waals surface area contributed by atoms with E-state index >= 15 is 0 Å². The highest BCUT2D eigenvalue weighted by Crippen LogP contribution is 2.27. The van der Waals surface area contributed by atoms with Gasteiger partial charge in [0.25, 0.3) is 10.0 Å². The lowest BCUT2D eigenvalue weighted by Gasteiger charge is -2.25. The Morgan fingerprint density at radius 3 is 2.10 bits per heavy atom. The highest BCUT2D eigenvalue weighted by Gasteiger charge is 2.38. The Morgan fingerprint density at radius 2 is 1.56 bits per heavy atom. The first-order valence-corrected chi connectivity index (χ1v) is 14.0. The molecule has 0 atom stereocenters. The van der Waals surface area contributed by atoms with Gasteiger partial charge in [-0.25, -0.2) is 23.0 Å². The van der Waals surface area contributed by atoms with Crippen LogP contribution in [0.5, 0.6) is 0 Å². The average Bonchev–Trinajstić information content (AvgIpc) is 2.88. The van der Waals surface area contributed by atoms with Crippen molar-refractivity contribution in [2.45, 2.75) is 58.2 Å². The zero-order valence-corrected chi connectivity index (χ0v) is 23.8. The van der Waals surface area contributed by atoms with Gasteiger partial charge in [0.1, 0.15) is 11.4 Å². The van der Waals surface area contributed by atoms with Gasteiger partial charge in [0.05, 0.1) is 16.8 Å². The van der Waals surface area contributed by atoms with Crippen LogP contribution < -0.4 is 9.62 Å². The Hall–Kier alpha value is -4.13. The molecule has 0 radical (unpaired) electrons. The first kappa shape index (κ1) is 33.1. The van der Waals surface area contributed by atoms with Crippen molar-refractivity contribution >= 4 is 33.5 Å². The van der Waals surface area contributed by atoms with Crippen molar-refractivity contribution in [1.29, 1.82) is 0 Å². The maximum atomic E-state index is 13.1. The number of hydrogen-bond donors (Lipinski definition) is 3. The predicted molar refractivity (Wildman–Crippen MR) is 149 cm³/mol. The number of alkyl halides is 3. The molecule has 41 heavy (non-hydrogen) atoms. The summed E-state index contributed by atoms with van der Waals surface area (Å²) in [5.41, 5.74) is 3.57. The van der Waals surface area contributed by atoms with Crippen molar-refractivity contribution in [2.75, 3.05) is 16.2 Å². The van der Waals surface area contributed by atoms with E-state index in [2.05, 4.69) is 16.6 Å². The molecule has 3 N–H and O–H groups in total. The molecule has 2 aromatic carbocycles. The molecule has 0 saturated carbocycles. The lowest BCUT2D eigenvalue weighted by atomic mass is 10.1. The maximum absolute atomic E-state index is 13.1. The summed E-state index contributed by atoms with van der Waals surface area (Å²) in [5.74, 6) is -3.61. The summed E-state index contributed by atoms with van der Waals surface area (Å²) in [4.78, 5) is 27.5. The minimum Gasteiger partial charge on any atom is -0.478 e. The molecule has 0 unspecified atom stereocenters. The van der Waals surface area contributed by atoms with Gasteiger partial charge in [-0.15, -0.1) is 0 Å². The third-order valence-corrected chi connectivity index (χ3v) is 7.49. The fourth-order valence-electron chi connectivity index (χ4n) is 3.77. The van der Waals surface area contributed by atoms with Gasteiger partial charge >= 0.3 is 18.1 Å². The van der Waals surface area contributed by atoms with Crippen molar-refractivity contribution < 1.29 is 41.4 Å². The molecule has 0 aliphatic rings. The largest absolute Gasteiger partial charge is 0.490 e. The number of unbranched alkanes of at least 4 members (excludes halogenated alkanes) is 1. The van der Waals surface area contributed by atoms with Crippen molar-refractivity contribution in [3.8, 4) is 0 Å². The number of sulfonamides is 1. The first-order chi connectivity index (χ1) is 19.1. The number of anilines is 2. The molecular formula is C28H32F3N3O6S. The van der Waals surface area contributed by atoms with Crippen LogP contribution in [0.4, 0.5) is 24.7 Å². The SMILES string of the molecule is CCCCN(Cc1ccccc1)c1ncc(NS(=O)(=O)c2cc(C)c(C)cc2C)cc1C(=O)O.O=C(O)C(F)(F)F. The number of rotatable bonds is 10. The highest BCUT2D eigenvalue weighted by atomic mass is 32.2. The van der Waals surface area contributed by atoms with Crippen molar-refractivity contribution in [3.63, 3.8) is 0 Å². The fourth-order valence-corrected chi connectivity index (χ4v) is 5.12. The van der Waals surface area contributed by atoms with Crippen LogP contribution in [0.1, 0.15) is 52.4 Å². The van der Waals surface area contributed by atoms with Crippen molar-refractivity contribution in [3.05, 3.63) is 82.5 Å². The third kappa shape index (κ3) is 9.48. The fraction of sp³-hybridized carbons (Fsp3) is 0.321. The summed E-state index contributed by atoms with van der Waals surface area (Å²) in [7, 11) is -3.92. The molecule has 1 aromatic heterocycles. The van der Waals surface area contributed by atoms with Crippen LogP contribution in [0.2, 0.25) is 0 Å². The summed E-state index contributed by atoms with van der Waals surface area (Å²) in [6, 6.07) is 14.5. The molecule has 0 saturated heterocycles. The minimum atomic E-state index is -5.08. The Kier molecular flexibility index (Phi) is 11.3. The number of pyridine rings is 1. The van der Waals surface area contributed by atoms with Gasteiger partial charge in [-0.2, -0.15) is 13.2 Å². The molecule has 3 rings (SSSR count). The maximum Gasteiger partial charge on any atom is 0.490 e. The minimum absolute atomic E-state index is 0.0518. The summed E-state index contributed by atoms with van der Waals surface area (Å²) < 4.78 is 60.4. The molecule has 13 heteroatoms. The van der Waals surface area contributed by atoms with Crippen LogP contribution in [0.25, 0.3) is 0 Å². The van der Waals surface area contributed by atoms with Crippen LogP contribution in [0.15, 0.2) is 59.6 Å². The average molecular weight is 596 g/mol. The number of nitrogens with zero attached hydrogens (tertiary/aromatic N) is 2. The zero-order valence-electron chi connectivity index (χ0n) is 23.0. The number of carboxylic acids is 2. The van der Waals surface area contributed by atoms with Crippen LogP contribution in [0, 0.1) is 20.8 Å². The number of aromatic nitrogens is 1. The summed E-state index contributed by atoms with van der Waals surface area (Å²) in [5, 5.41) is 17.0. The molecule has 0 amide bonds. The van der Waals surface area contributed by atoms with Gasteiger partial charge in [0.15, 0.2) is 0 Å². The highest BCUT2D eigenvalue weighted by molar-refractivity contribution is 7.92. The number of aryl methyl sites for hydroxylation is 3. The van der Waals surface area contributed by atoms with E-state index in [4.69, 9.17) is 9.90 Å². The number of aliphatic carboxylic acids is 1. The van der Waals surface area contributed by atoms with Gasteiger partial charge in [-0.1, -0.05) is 49.7 Å². The number of halogens is 3. The zero-order chi connectivity index (χ0) is 31.0. The number of nitrogens with one attached hydrogen (secondary N) is 1. The van der Waals surface area contributed by atoms with Crippen LogP contribution in [-0.2, 0) is 21.4 Å². The van der Waals surface area contributed by atoms with Gasteiger partial charge in [0, 0.05) is 13.1 Å². The Balaban J connectivity index is 0.000000745. The summed E-state index contributed by atoms with van der Waals surface area (Å²) in [6.45, 7) is 8.71. The first-order valence-electron chi connectivity index (χ1n) is 12.5. The van der Waals surface area contributed by atoms with Gasteiger partial charge in [0.2, 0.25) is 0 Å². The summed E-state index contributed by atoms with van der Waals surface area (Å²) in [6.07, 6.45) is -1.89. The van der Waals surface area contributed by atoms with E-state index < -0.39 is 28.1 Å². The van der Waals surface area contributed by atoms with Crippen molar-refractivity contribution in [2.24, 2.45) is 0 Å². The van der Waals surface area contributed by atoms with E-state index in [1.165, 1.54) is 12.3 Å². The third-order valence-electron chi connectivity index (χ3n) is 5.97. The molecule has 1 heterocycles. The summed E-state index contributed by atoms with van der Waals surface area (Å²) >= 11 is 0. The molecule has 0 aliphatic heterocycles. The van der Waals surface area contributed by atoms with E-state index in [0.717, 1.165) is 29.5 Å². The van der Waals surface area contributed by atoms with Crippen LogP contribution >= 0.6 is 0 Å².